The van der Waals surface area contributed by atoms with Gasteiger partial charge in [0.15, 0.2) is 0 Å². The zero-order valence-corrected chi connectivity index (χ0v) is 20.4. The van der Waals surface area contributed by atoms with E-state index in [1.165, 1.54) is 0 Å². The van der Waals surface area contributed by atoms with Crippen LogP contribution in [0.3, 0.4) is 0 Å². The minimum Gasteiger partial charge on any atom is -0.353 e. The molecule has 5 aromatic heterocycles. The second kappa shape index (κ2) is 9.29. The molecule has 6 aromatic rings. The van der Waals surface area contributed by atoms with Gasteiger partial charge in [0.05, 0.1) is 41.0 Å². The van der Waals surface area contributed by atoms with Crippen LogP contribution in [0.5, 0.6) is 0 Å². The second-order valence-corrected chi connectivity index (χ2v) is 9.07. The molecule has 5 heterocycles. The molecule has 0 atom stereocenters. The molecule has 0 aliphatic heterocycles. The molecule has 0 fully saturated rings. The molecular formula is C28H24N8O. The molecule has 0 unspecified atom stereocenters. The predicted molar refractivity (Wildman–Crippen MR) is 145 cm³/mol. The number of nitrogens with zero attached hydrogens (tertiary/aromatic N) is 5. The van der Waals surface area contributed by atoms with Gasteiger partial charge in [-0.2, -0.15) is 5.10 Å². The average molecular weight is 489 g/mol. The highest BCUT2D eigenvalue weighted by molar-refractivity contribution is 6.00. The van der Waals surface area contributed by atoms with Gasteiger partial charge >= 0.3 is 0 Å². The minimum atomic E-state index is -0.0685. The van der Waals surface area contributed by atoms with E-state index in [0.29, 0.717) is 6.54 Å². The van der Waals surface area contributed by atoms with E-state index in [-0.39, 0.29) is 5.91 Å². The number of H-pyrrole nitrogens is 2. The first-order chi connectivity index (χ1) is 18.0. The third-order valence-electron chi connectivity index (χ3n) is 6.06. The third kappa shape index (κ3) is 4.43. The zero-order chi connectivity index (χ0) is 25.4. The standard InChI is InChI=1S/C28H24N8O/c1-36(2)16-26(37)32-18-7-5-6-17(12-18)23-13-20-25(15-31-23)34-35-28(20)24-14-19-21(33-24)9-11-30-27(19)22-8-3-4-10-29-22/h3-15,33H,16H2,1-2H3,(H,32,37)(H,34,35). The van der Waals surface area contributed by atoms with Gasteiger partial charge in [-0.3, -0.25) is 24.8 Å². The highest BCUT2D eigenvalue weighted by Crippen LogP contribution is 2.33. The van der Waals surface area contributed by atoms with Crippen LogP contribution in [0.25, 0.3) is 55.8 Å². The monoisotopic (exact) mass is 488 g/mol. The van der Waals surface area contributed by atoms with Crippen LogP contribution in [0.2, 0.25) is 0 Å². The number of hydrogen-bond acceptors (Lipinski definition) is 6. The summed E-state index contributed by atoms with van der Waals surface area (Å²) in [7, 11) is 3.72. The van der Waals surface area contributed by atoms with Gasteiger partial charge in [-0.1, -0.05) is 18.2 Å². The van der Waals surface area contributed by atoms with Crippen LogP contribution < -0.4 is 5.32 Å². The number of anilines is 1. The number of aromatic amines is 2. The number of benzene rings is 1. The fourth-order valence-corrected chi connectivity index (χ4v) is 4.41. The van der Waals surface area contributed by atoms with Crippen molar-refractivity contribution in [3.8, 4) is 34.0 Å². The second-order valence-electron chi connectivity index (χ2n) is 9.07. The molecule has 0 spiro atoms. The molecule has 0 saturated heterocycles. The number of hydrogen-bond donors (Lipinski definition) is 3. The molecule has 0 aliphatic rings. The largest absolute Gasteiger partial charge is 0.353 e. The lowest BCUT2D eigenvalue weighted by Gasteiger charge is -2.11. The summed E-state index contributed by atoms with van der Waals surface area (Å²) in [5.74, 6) is -0.0685. The Morgan fingerprint density at radius 3 is 2.59 bits per heavy atom. The van der Waals surface area contributed by atoms with E-state index in [2.05, 4.69) is 41.5 Å². The number of amides is 1. The number of carbonyl (C=O) groups is 1. The lowest BCUT2D eigenvalue weighted by molar-refractivity contribution is -0.116. The fourth-order valence-electron chi connectivity index (χ4n) is 4.41. The van der Waals surface area contributed by atoms with Crippen LogP contribution in [-0.2, 0) is 4.79 Å². The van der Waals surface area contributed by atoms with Gasteiger partial charge in [0.2, 0.25) is 5.91 Å². The number of carbonyl (C=O) groups excluding carboxylic acids is 1. The molecule has 0 saturated carbocycles. The van der Waals surface area contributed by atoms with Crippen molar-refractivity contribution in [3.63, 3.8) is 0 Å². The van der Waals surface area contributed by atoms with Crippen molar-refractivity contribution in [1.29, 1.82) is 0 Å². The van der Waals surface area contributed by atoms with Gasteiger partial charge in [0.1, 0.15) is 5.69 Å². The summed E-state index contributed by atoms with van der Waals surface area (Å²) in [6.45, 7) is 0.314. The first kappa shape index (κ1) is 22.6. The van der Waals surface area contributed by atoms with E-state index in [4.69, 9.17) is 0 Å². The van der Waals surface area contributed by atoms with Crippen LogP contribution in [0, 0.1) is 0 Å². The Labute approximate surface area is 212 Å². The zero-order valence-electron chi connectivity index (χ0n) is 20.4. The quantitative estimate of drug-likeness (QED) is 0.312. The minimum absolute atomic E-state index is 0.0685. The molecule has 6 rings (SSSR count). The van der Waals surface area contributed by atoms with Gasteiger partial charge < -0.3 is 15.2 Å². The summed E-state index contributed by atoms with van der Waals surface area (Å²) in [4.78, 5) is 31.2. The summed E-state index contributed by atoms with van der Waals surface area (Å²) in [6, 6.07) is 19.5. The molecule has 3 N–H and O–H groups in total. The lowest BCUT2D eigenvalue weighted by Crippen LogP contribution is -2.27. The van der Waals surface area contributed by atoms with E-state index in [1.54, 1.807) is 18.6 Å². The Morgan fingerprint density at radius 2 is 1.76 bits per heavy atom. The van der Waals surface area contributed by atoms with Crippen molar-refractivity contribution < 1.29 is 4.79 Å². The topological polar surface area (TPSA) is 115 Å². The van der Waals surface area contributed by atoms with E-state index in [1.807, 2.05) is 73.6 Å². The number of fused-ring (bicyclic) bond motifs is 2. The van der Waals surface area contributed by atoms with E-state index in [0.717, 1.165) is 61.5 Å². The Kier molecular flexibility index (Phi) is 5.66. The Morgan fingerprint density at radius 1 is 0.865 bits per heavy atom. The summed E-state index contributed by atoms with van der Waals surface area (Å²) >= 11 is 0. The lowest BCUT2D eigenvalue weighted by atomic mass is 10.1. The number of rotatable bonds is 6. The van der Waals surface area contributed by atoms with E-state index in [9.17, 15) is 4.79 Å². The highest BCUT2D eigenvalue weighted by atomic mass is 16.2. The smallest absolute Gasteiger partial charge is 0.238 e. The van der Waals surface area contributed by atoms with Crippen molar-refractivity contribution in [2.45, 2.75) is 0 Å². The number of likely N-dealkylation sites (N-methyl/N-ethyl adjacent to an activating group) is 1. The number of nitrogens with one attached hydrogen (secondary N) is 3. The van der Waals surface area contributed by atoms with Crippen molar-refractivity contribution in [3.05, 3.63) is 79.3 Å². The Bertz CT molecular complexity index is 1740. The maximum atomic E-state index is 12.2. The SMILES string of the molecule is CN(C)CC(=O)Nc1cccc(-c2cc3c(-c4cc5c(-c6ccccn6)nccc5[nH]4)n[nH]c3cn2)c1. The molecule has 0 radical (unpaired) electrons. The molecule has 1 aromatic carbocycles. The molecule has 182 valence electrons. The van der Waals surface area contributed by atoms with Crippen LogP contribution in [-0.4, -0.2) is 61.6 Å². The third-order valence-corrected chi connectivity index (χ3v) is 6.06. The van der Waals surface area contributed by atoms with Crippen LogP contribution >= 0.6 is 0 Å². The molecule has 0 aliphatic carbocycles. The van der Waals surface area contributed by atoms with Crippen molar-refractivity contribution in [2.24, 2.45) is 0 Å². The van der Waals surface area contributed by atoms with Crippen LogP contribution in [0.15, 0.2) is 79.3 Å². The van der Waals surface area contributed by atoms with Gasteiger partial charge in [0.25, 0.3) is 0 Å². The molecule has 1 amide bonds. The first-order valence-electron chi connectivity index (χ1n) is 11.8. The van der Waals surface area contributed by atoms with Gasteiger partial charge in [-0.05, 0) is 56.6 Å². The van der Waals surface area contributed by atoms with Gasteiger partial charge in [-0.15, -0.1) is 0 Å². The van der Waals surface area contributed by atoms with Gasteiger partial charge in [0, 0.05) is 39.9 Å². The normalized spacial score (nSPS) is 11.4. The molecule has 37 heavy (non-hydrogen) atoms. The van der Waals surface area contributed by atoms with E-state index >= 15 is 0 Å². The summed E-state index contributed by atoms with van der Waals surface area (Å²) in [6.07, 6.45) is 5.32. The Hall–Kier alpha value is -4.89. The van der Waals surface area contributed by atoms with Gasteiger partial charge in [-0.25, -0.2) is 0 Å². The molecule has 0 bridgehead atoms. The predicted octanol–water partition coefficient (Wildman–Crippen LogP) is 4.73. The first-order valence-corrected chi connectivity index (χ1v) is 11.8. The van der Waals surface area contributed by atoms with Crippen LogP contribution in [0.4, 0.5) is 5.69 Å². The summed E-state index contributed by atoms with van der Waals surface area (Å²) in [5, 5.41) is 12.5. The summed E-state index contributed by atoms with van der Waals surface area (Å²) < 4.78 is 0. The average Bonchev–Trinajstić information content (AvgIpc) is 3.52. The number of aromatic nitrogens is 6. The fraction of sp³-hybridized carbons (Fsp3) is 0.107. The molecule has 9 heteroatoms. The Balaban J connectivity index is 1.38. The van der Waals surface area contributed by atoms with Crippen molar-refractivity contribution >= 4 is 33.4 Å². The van der Waals surface area contributed by atoms with E-state index < -0.39 is 0 Å². The van der Waals surface area contributed by atoms with Crippen LogP contribution in [0.1, 0.15) is 0 Å². The maximum absolute atomic E-state index is 12.2. The van der Waals surface area contributed by atoms with Crippen molar-refractivity contribution in [1.82, 2.24) is 35.0 Å². The highest BCUT2D eigenvalue weighted by Gasteiger charge is 2.16. The molecular weight excluding hydrogens is 464 g/mol. The summed E-state index contributed by atoms with van der Waals surface area (Å²) in [5.41, 5.74) is 7.48. The molecule has 9 nitrogen and oxygen atoms in total. The van der Waals surface area contributed by atoms with Crippen molar-refractivity contribution in [2.75, 3.05) is 26.0 Å². The number of pyridine rings is 3. The maximum Gasteiger partial charge on any atom is 0.238 e.